The van der Waals surface area contributed by atoms with E-state index in [9.17, 15) is 13.2 Å². The summed E-state index contributed by atoms with van der Waals surface area (Å²) in [5, 5.41) is 0.0267. The number of nitrogens with zero attached hydrogens (tertiary/aromatic N) is 2. The molecule has 1 aromatic heterocycles. The van der Waals surface area contributed by atoms with Crippen LogP contribution in [0.1, 0.15) is 29.2 Å². The van der Waals surface area contributed by atoms with E-state index in [1.165, 1.54) is 17.7 Å². The van der Waals surface area contributed by atoms with Gasteiger partial charge in [-0.25, -0.2) is 13.4 Å². The summed E-state index contributed by atoms with van der Waals surface area (Å²) in [6, 6.07) is 14.7. The van der Waals surface area contributed by atoms with Crippen LogP contribution in [0.5, 0.6) is 0 Å². The van der Waals surface area contributed by atoms with Gasteiger partial charge in [0.05, 0.1) is 44.0 Å². The fourth-order valence-corrected chi connectivity index (χ4v) is 6.68. The molecule has 0 saturated carbocycles. The SMILES string of the molecule is CN(C(=O)C(Cc1ccc2[nH]cnc2c1)NS(=O)(=O)c1cc(Cl)c(N)c(Cl)c1)C1CCc2ccccc21. The first-order chi connectivity index (χ1) is 17.6. The summed E-state index contributed by atoms with van der Waals surface area (Å²) in [5.74, 6) is -0.347. The molecule has 2 unspecified atom stereocenters. The number of nitrogens with two attached hydrogens (primary N) is 1. The van der Waals surface area contributed by atoms with E-state index in [-0.39, 0.29) is 39.0 Å². The van der Waals surface area contributed by atoms with E-state index in [0.29, 0.717) is 0 Å². The van der Waals surface area contributed by atoms with Gasteiger partial charge in [0.25, 0.3) is 0 Å². The van der Waals surface area contributed by atoms with Gasteiger partial charge in [0.2, 0.25) is 15.9 Å². The predicted molar refractivity (Wildman–Crippen MR) is 145 cm³/mol. The quantitative estimate of drug-likeness (QED) is 0.289. The molecule has 0 bridgehead atoms. The first-order valence-electron chi connectivity index (χ1n) is 11.7. The lowest BCUT2D eigenvalue weighted by atomic mass is 10.0. The van der Waals surface area contributed by atoms with Crippen LogP contribution in [0.15, 0.2) is 65.8 Å². The van der Waals surface area contributed by atoms with Crippen LogP contribution >= 0.6 is 23.2 Å². The highest BCUT2D eigenvalue weighted by Gasteiger charge is 2.34. The molecule has 8 nitrogen and oxygen atoms in total. The molecular formula is C26H25Cl2N5O3S. The number of hydrogen-bond donors (Lipinski definition) is 3. The third-order valence-electron chi connectivity index (χ3n) is 6.80. The minimum Gasteiger partial charge on any atom is -0.396 e. The Kier molecular flexibility index (Phi) is 6.89. The fraction of sp³-hybridized carbons (Fsp3) is 0.231. The average molecular weight is 558 g/mol. The number of hydrogen-bond acceptors (Lipinski definition) is 5. The second-order valence-electron chi connectivity index (χ2n) is 9.14. The Morgan fingerprint density at radius 3 is 2.68 bits per heavy atom. The van der Waals surface area contributed by atoms with E-state index in [0.717, 1.165) is 35.0 Å². The zero-order valence-electron chi connectivity index (χ0n) is 19.9. The van der Waals surface area contributed by atoms with Gasteiger partial charge in [-0.1, -0.05) is 53.5 Å². The number of nitrogen functional groups attached to an aromatic ring is 1. The molecule has 192 valence electrons. The van der Waals surface area contributed by atoms with Crippen molar-refractivity contribution in [1.29, 1.82) is 0 Å². The van der Waals surface area contributed by atoms with E-state index >= 15 is 0 Å². The van der Waals surface area contributed by atoms with Gasteiger partial charge in [0.15, 0.2) is 0 Å². The number of carbonyl (C=O) groups excluding carboxylic acids is 1. The molecular weight excluding hydrogens is 533 g/mol. The highest BCUT2D eigenvalue weighted by atomic mass is 35.5. The van der Waals surface area contributed by atoms with Crippen molar-refractivity contribution in [3.8, 4) is 0 Å². The molecule has 1 heterocycles. The topological polar surface area (TPSA) is 121 Å². The largest absolute Gasteiger partial charge is 0.396 e. The van der Waals surface area contributed by atoms with Gasteiger partial charge < -0.3 is 15.6 Å². The van der Waals surface area contributed by atoms with Crippen LogP contribution in [0.25, 0.3) is 11.0 Å². The molecule has 11 heteroatoms. The number of fused-ring (bicyclic) bond motifs is 2. The summed E-state index contributed by atoms with van der Waals surface area (Å²) in [4.78, 5) is 22.6. The van der Waals surface area contributed by atoms with E-state index in [1.54, 1.807) is 18.3 Å². The minimum atomic E-state index is -4.18. The fourth-order valence-electron chi connectivity index (χ4n) is 4.83. The molecule has 37 heavy (non-hydrogen) atoms. The normalized spacial score (nSPS) is 16.0. The lowest BCUT2D eigenvalue weighted by molar-refractivity contribution is -0.133. The number of imidazole rings is 1. The van der Waals surface area contributed by atoms with Crippen LogP contribution in [0, 0.1) is 0 Å². The molecule has 3 aromatic carbocycles. The average Bonchev–Trinajstić information content (AvgIpc) is 3.52. The van der Waals surface area contributed by atoms with Crippen LogP contribution in [-0.4, -0.2) is 42.3 Å². The number of H-pyrrole nitrogens is 1. The van der Waals surface area contributed by atoms with Crippen molar-refractivity contribution in [3.05, 3.63) is 87.7 Å². The number of anilines is 1. The Balaban J connectivity index is 1.48. The lowest BCUT2D eigenvalue weighted by Crippen LogP contribution is -2.49. The van der Waals surface area contributed by atoms with Gasteiger partial charge in [0, 0.05) is 7.05 Å². The third kappa shape index (κ3) is 5.04. The summed E-state index contributed by atoms with van der Waals surface area (Å²) in [6.07, 6.45) is 3.33. The van der Waals surface area contributed by atoms with Crippen molar-refractivity contribution < 1.29 is 13.2 Å². The Bertz CT molecular complexity index is 1580. The van der Waals surface area contributed by atoms with Crippen molar-refractivity contribution in [3.63, 3.8) is 0 Å². The second kappa shape index (κ2) is 9.98. The van der Waals surface area contributed by atoms with E-state index < -0.39 is 16.1 Å². The molecule has 0 saturated heterocycles. The van der Waals surface area contributed by atoms with Crippen molar-refractivity contribution in [2.24, 2.45) is 0 Å². The van der Waals surface area contributed by atoms with Gasteiger partial charge in [0.1, 0.15) is 6.04 Å². The Hall–Kier alpha value is -3.11. The van der Waals surface area contributed by atoms with Gasteiger partial charge in [-0.2, -0.15) is 4.72 Å². The first kappa shape index (κ1) is 25.5. The summed E-state index contributed by atoms with van der Waals surface area (Å²) in [5.41, 5.74) is 10.5. The lowest BCUT2D eigenvalue weighted by Gasteiger charge is -2.30. The standard InChI is InChI=1S/C26H25Cl2N5O3S/c1-33(24-9-7-16-4-2-3-5-18(16)24)26(34)23(11-15-6-8-21-22(10-15)31-14-30-21)32-37(35,36)17-12-19(27)25(29)20(28)13-17/h2-6,8,10,12-14,23-24,32H,7,9,11,29H2,1H3,(H,30,31). The predicted octanol–water partition coefficient (Wildman–Crippen LogP) is 4.49. The van der Waals surface area contributed by atoms with Gasteiger partial charge >= 0.3 is 0 Å². The number of aromatic nitrogens is 2. The van der Waals surface area contributed by atoms with Gasteiger partial charge in [-0.05, 0) is 60.2 Å². The summed E-state index contributed by atoms with van der Waals surface area (Å²) in [7, 11) is -2.47. The van der Waals surface area contributed by atoms with Crippen molar-refractivity contribution in [2.45, 2.75) is 36.2 Å². The molecule has 2 atom stereocenters. The summed E-state index contributed by atoms with van der Waals surface area (Å²) >= 11 is 12.2. The molecule has 4 aromatic rings. The zero-order chi connectivity index (χ0) is 26.3. The molecule has 0 radical (unpaired) electrons. The van der Waals surface area contributed by atoms with Crippen LogP contribution in [0.3, 0.4) is 0 Å². The maximum absolute atomic E-state index is 13.9. The smallest absolute Gasteiger partial charge is 0.241 e. The van der Waals surface area contributed by atoms with E-state index in [4.69, 9.17) is 28.9 Å². The molecule has 0 aliphatic heterocycles. The number of carbonyl (C=O) groups is 1. The van der Waals surface area contributed by atoms with E-state index in [2.05, 4.69) is 20.8 Å². The maximum Gasteiger partial charge on any atom is 0.241 e. The molecule has 1 amide bonds. The molecule has 4 N–H and O–H groups in total. The van der Waals surface area contributed by atoms with Crippen LogP contribution in [0.2, 0.25) is 10.0 Å². The number of halogens is 2. The number of nitrogens with one attached hydrogen (secondary N) is 2. The molecule has 0 spiro atoms. The molecule has 5 rings (SSSR count). The Morgan fingerprint density at radius 2 is 1.92 bits per heavy atom. The van der Waals surface area contributed by atoms with Crippen LogP contribution in [-0.2, 0) is 27.7 Å². The van der Waals surface area contributed by atoms with Gasteiger partial charge in [-0.3, -0.25) is 4.79 Å². The highest BCUT2D eigenvalue weighted by molar-refractivity contribution is 7.89. The third-order valence-corrected chi connectivity index (χ3v) is 8.88. The highest BCUT2D eigenvalue weighted by Crippen LogP contribution is 2.35. The number of aromatic amines is 1. The number of amides is 1. The number of sulfonamides is 1. The van der Waals surface area contributed by atoms with Crippen molar-refractivity contribution >= 4 is 55.9 Å². The number of benzene rings is 3. The van der Waals surface area contributed by atoms with Crippen LogP contribution in [0.4, 0.5) is 5.69 Å². The molecule has 1 aliphatic carbocycles. The maximum atomic E-state index is 13.9. The van der Waals surface area contributed by atoms with Crippen molar-refractivity contribution in [2.75, 3.05) is 12.8 Å². The first-order valence-corrected chi connectivity index (χ1v) is 13.9. The minimum absolute atomic E-state index is 0.0133. The Labute approximate surface area is 224 Å². The van der Waals surface area contributed by atoms with E-state index in [1.807, 2.05) is 36.4 Å². The monoisotopic (exact) mass is 557 g/mol. The molecule has 0 fully saturated rings. The summed E-state index contributed by atoms with van der Waals surface area (Å²) in [6.45, 7) is 0. The number of likely N-dealkylation sites (N-methyl/N-ethyl adjacent to an activating group) is 1. The zero-order valence-corrected chi connectivity index (χ0v) is 22.2. The summed E-state index contributed by atoms with van der Waals surface area (Å²) < 4.78 is 29.4. The molecule has 1 aliphatic rings. The number of rotatable bonds is 7. The van der Waals surface area contributed by atoms with Gasteiger partial charge in [-0.15, -0.1) is 0 Å². The second-order valence-corrected chi connectivity index (χ2v) is 11.7. The van der Waals surface area contributed by atoms with Crippen LogP contribution < -0.4 is 10.5 Å². The number of aryl methyl sites for hydroxylation is 1. The van der Waals surface area contributed by atoms with Crippen molar-refractivity contribution in [1.82, 2.24) is 19.6 Å². The Morgan fingerprint density at radius 1 is 1.19 bits per heavy atom.